The molecule has 3 aromatic rings. The predicted octanol–water partition coefficient (Wildman–Crippen LogP) is 1.95. The lowest BCUT2D eigenvalue weighted by atomic mass is 9.78. The Morgan fingerprint density at radius 3 is 2.73 bits per heavy atom. The summed E-state index contributed by atoms with van der Waals surface area (Å²) in [6.45, 7) is 8.44. The second-order valence-corrected chi connectivity index (χ2v) is 9.00. The quantitative estimate of drug-likeness (QED) is 0.642. The van der Waals surface area contributed by atoms with Gasteiger partial charge in [0.1, 0.15) is 11.9 Å². The lowest BCUT2D eigenvalue weighted by molar-refractivity contribution is -0.127. The minimum absolute atomic E-state index is 0.0216. The van der Waals surface area contributed by atoms with Crippen LogP contribution in [0.3, 0.4) is 0 Å². The first-order valence-electron chi connectivity index (χ1n) is 11.5. The Balaban J connectivity index is 1.47. The minimum atomic E-state index is -0.580. The normalized spacial score (nSPS) is 21.5. The molecule has 1 amide bonds. The summed E-state index contributed by atoms with van der Waals surface area (Å²) in [7, 11) is 0. The van der Waals surface area contributed by atoms with Crippen molar-refractivity contribution in [1.82, 2.24) is 29.4 Å². The molecular weight excluding hydrogens is 418 g/mol. The van der Waals surface area contributed by atoms with Gasteiger partial charge in [0.2, 0.25) is 11.9 Å². The molecule has 1 saturated heterocycles. The molecule has 0 aromatic carbocycles. The van der Waals surface area contributed by atoms with Crippen molar-refractivity contribution >= 4 is 11.9 Å². The van der Waals surface area contributed by atoms with E-state index in [1.165, 1.54) is 0 Å². The molecule has 1 fully saturated rings. The van der Waals surface area contributed by atoms with Gasteiger partial charge < -0.3 is 14.8 Å². The second kappa shape index (κ2) is 8.46. The van der Waals surface area contributed by atoms with Crippen LogP contribution in [-0.4, -0.2) is 43.1 Å². The first-order chi connectivity index (χ1) is 15.9. The standard InChI is InChI=1S/C24H29N7O2/c1-4-29-9-8-25-20(29)12-26-23(33)22-18-11-17(19-6-5-7-21(32)31(19)22)13-30(14-18)24-27-15(2)10-16(3)28-24/h5-10,17-18,22H,4,11-14H2,1-3H3,(H,26,33)/t17-,18+,22-/m1/s1. The number of rotatable bonds is 5. The average molecular weight is 448 g/mol. The number of anilines is 1. The van der Waals surface area contributed by atoms with Crippen molar-refractivity contribution in [3.63, 3.8) is 0 Å². The Morgan fingerprint density at radius 1 is 1.18 bits per heavy atom. The number of nitrogens with one attached hydrogen (secondary N) is 1. The van der Waals surface area contributed by atoms with Crippen LogP contribution in [0.15, 0.2) is 41.5 Å². The van der Waals surface area contributed by atoms with Crippen molar-refractivity contribution in [1.29, 1.82) is 0 Å². The Labute approximate surface area is 192 Å². The summed E-state index contributed by atoms with van der Waals surface area (Å²) in [4.78, 5) is 42.2. The van der Waals surface area contributed by atoms with Gasteiger partial charge in [0, 0.05) is 67.0 Å². The molecule has 2 aliphatic rings. The van der Waals surface area contributed by atoms with E-state index in [1.54, 1.807) is 22.9 Å². The molecule has 2 bridgehead atoms. The number of amides is 1. The number of imidazole rings is 1. The maximum Gasteiger partial charge on any atom is 0.251 e. The summed E-state index contributed by atoms with van der Waals surface area (Å²) >= 11 is 0. The Bertz CT molecular complexity index is 1230. The van der Waals surface area contributed by atoms with E-state index in [4.69, 9.17) is 0 Å². The zero-order valence-electron chi connectivity index (χ0n) is 19.2. The number of carbonyl (C=O) groups is 1. The van der Waals surface area contributed by atoms with Gasteiger partial charge in [0.15, 0.2) is 0 Å². The average Bonchev–Trinajstić information content (AvgIpc) is 3.25. The van der Waals surface area contributed by atoms with Crippen LogP contribution in [-0.2, 0) is 17.9 Å². The van der Waals surface area contributed by atoms with Gasteiger partial charge in [0.25, 0.3) is 5.56 Å². The van der Waals surface area contributed by atoms with Gasteiger partial charge in [0.05, 0.1) is 6.54 Å². The lowest BCUT2D eigenvalue weighted by Gasteiger charge is -2.46. The van der Waals surface area contributed by atoms with Gasteiger partial charge >= 0.3 is 0 Å². The van der Waals surface area contributed by atoms with Crippen LogP contribution < -0.4 is 15.8 Å². The maximum absolute atomic E-state index is 13.5. The molecule has 5 heterocycles. The van der Waals surface area contributed by atoms with Gasteiger partial charge in [-0.2, -0.15) is 0 Å². The highest BCUT2D eigenvalue weighted by Crippen LogP contribution is 2.42. The van der Waals surface area contributed by atoms with E-state index >= 15 is 0 Å². The fourth-order valence-corrected chi connectivity index (χ4v) is 5.35. The number of aryl methyl sites for hydroxylation is 3. The molecular formula is C24H29N7O2. The zero-order valence-corrected chi connectivity index (χ0v) is 19.2. The summed E-state index contributed by atoms with van der Waals surface area (Å²) in [6, 6.07) is 6.68. The van der Waals surface area contributed by atoms with Crippen LogP contribution in [0.4, 0.5) is 5.95 Å². The fourth-order valence-electron chi connectivity index (χ4n) is 5.35. The summed E-state index contributed by atoms with van der Waals surface area (Å²) in [6.07, 6.45) is 4.49. The molecule has 33 heavy (non-hydrogen) atoms. The molecule has 0 saturated carbocycles. The van der Waals surface area contributed by atoms with E-state index in [0.29, 0.717) is 19.0 Å². The predicted molar refractivity (Wildman–Crippen MR) is 124 cm³/mol. The van der Waals surface area contributed by atoms with Gasteiger partial charge in [-0.25, -0.2) is 15.0 Å². The third-order valence-electron chi connectivity index (χ3n) is 6.73. The largest absolute Gasteiger partial charge is 0.347 e. The van der Waals surface area contributed by atoms with E-state index in [9.17, 15) is 9.59 Å². The Morgan fingerprint density at radius 2 is 1.97 bits per heavy atom. The van der Waals surface area contributed by atoms with E-state index in [1.807, 2.05) is 43.7 Å². The van der Waals surface area contributed by atoms with Crippen LogP contribution in [0.1, 0.15) is 48.2 Å². The molecule has 2 aliphatic heterocycles. The van der Waals surface area contributed by atoms with Crippen LogP contribution in [0.25, 0.3) is 0 Å². The number of hydrogen-bond acceptors (Lipinski definition) is 6. The maximum atomic E-state index is 13.5. The molecule has 0 spiro atoms. The highest BCUT2D eigenvalue weighted by Gasteiger charge is 2.44. The number of nitrogens with zero attached hydrogens (tertiary/aromatic N) is 6. The number of fused-ring (bicyclic) bond motifs is 4. The van der Waals surface area contributed by atoms with E-state index in [2.05, 4.69) is 25.2 Å². The number of hydrogen-bond donors (Lipinski definition) is 1. The first kappa shape index (κ1) is 21.4. The van der Waals surface area contributed by atoms with E-state index in [0.717, 1.165) is 42.4 Å². The molecule has 5 rings (SSSR count). The molecule has 0 radical (unpaired) electrons. The molecule has 3 atom stereocenters. The van der Waals surface area contributed by atoms with E-state index in [-0.39, 0.29) is 23.3 Å². The Hall–Kier alpha value is -3.49. The van der Waals surface area contributed by atoms with Gasteiger partial charge in [-0.1, -0.05) is 6.07 Å². The summed E-state index contributed by atoms with van der Waals surface area (Å²) in [5.74, 6) is 1.46. The zero-order chi connectivity index (χ0) is 23.1. The van der Waals surface area contributed by atoms with Crippen molar-refractivity contribution < 1.29 is 4.79 Å². The summed E-state index contributed by atoms with van der Waals surface area (Å²) < 4.78 is 3.71. The first-order valence-corrected chi connectivity index (χ1v) is 11.5. The van der Waals surface area contributed by atoms with Crippen LogP contribution >= 0.6 is 0 Å². The van der Waals surface area contributed by atoms with Crippen molar-refractivity contribution in [2.45, 2.75) is 52.2 Å². The molecule has 0 unspecified atom stereocenters. The molecule has 1 N–H and O–H groups in total. The number of piperidine rings is 1. The van der Waals surface area contributed by atoms with Gasteiger partial charge in [-0.3, -0.25) is 14.2 Å². The van der Waals surface area contributed by atoms with E-state index < -0.39 is 6.04 Å². The molecule has 3 aromatic heterocycles. The number of pyridine rings is 1. The molecule has 172 valence electrons. The van der Waals surface area contributed by atoms with Crippen molar-refractivity contribution in [3.05, 3.63) is 69.9 Å². The SMILES string of the molecule is CCn1ccnc1CNC(=O)[C@H]1[C@H]2C[C@H](CN(c3nc(C)cc(C)n3)C2)c2cccc(=O)n21. The van der Waals surface area contributed by atoms with Crippen LogP contribution in [0.5, 0.6) is 0 Å². The van der Waals surface area contributed by atoms with Gasteiger partial charge in [-0.15, -0.1) is 0 Å². The molecule has 9 nitrogen and oxygen atoms in total. The third-order valence-corrected chi connectivity index (χ3v) is 6.73. The number of carbonyl (C=O) groups excluding carboxylic acids is 1. The molecule has 0 aliphatic carbocycles. The summed E-state index contributed by atoms with van der Waals surface area (Å²) in [5.41, 5.74) is 2.62. The summed E-state index contributed by atoms with van der Waals surface area (Å²) in [5, 5.41) is 3.04. The number of aromatic nitrogens is 5. The minimum Gasteiger partial charge on any atom is -0.347 e. The third kappa shape index (κ3) is 3.92. The van der Waals surface area contributed by atoms with Gasteiger partial charge in [-0.05, 0) is 39.3 Å². The Kier molecular flexibility index (Phi) is 5.47. The topological polar surface area (TPSA) is 97.9 Å². The second-order valence-electron chi connectivity index (χ2n) is 9.00. The highest BCUT2D eigenvalue weighted by molar-refractivity contribution is 5.81. The molecule has 9 heteroatoms. The van der Waals surface area contributed by atoms with Crippen LogP contribution in [0.2, 0.25) is 0 Å². The monoisotopic (exact) mass is 447 g/mol. The fraction of sp³-hybridized carbons (Fsp3) is 0.458. The highest BCUT2D eigenvalue weighted by atomic mass is 16.2. The lowest BCUT2D eigenvalue weighted by Crippen LogP contribution is -2.53. The van der Waals surface area contributed by atoms with Crippen LogP contribution in [0, 0.1) is 19.8 Å². The smallest absolute Gasteiger partial charge is 0.251 e. The van der Waals surface area contributed by atoms with Crippen molar-refractivity contribution in [2.75, 3.05) is 18.0 Å². The van der Waals surface area contributed by atoms with Crippen molar-refractivity contribution in [3.8, 4) is 0 Å². The van der Waals surface area contributed by atoms with Crippen molar-refractivity contribution in [2.24, 2.45) is 5.92 Å².